The van der Waals surface area contributed by atoms with Crippen molar-refractivity contribution in [3.05, 3.63) is 29.8 Å². The van der Waals surface area contributed by atoms with Crippen molar-refractivity contribution in [3.63, 3.8) is 0 Å². The molecule has 1 aromatic rings. The van der Waals surface area contributed by atoms with Crippen LogP contribution >= 0.6 is 0 Å². The summed E-state index contributed by atoms with van der Waals surface area (Å²) >= 11 is 0. The highest BCUT2D eigenvalue weighted by molar-refractivity contribution is 5.37. The van der Waals surface area contributed by atoms with Crippen LogP contribution in [0.3, 0.4) is 0 Å². The summed E-state index contributed by atoms with van der Waals surface area (Å²) in [6.45, 7) is 4.32. The molecular formula is C16H23NO. The maximum Gasteiger partial charge on any atom is 0.124 e. The molecule has 1 fully saturated rings. The quantitative estimate of drug-likeness (QED) is 0.854. The van der Waals surface area contributed by atoms with Crippen LogP contribution in [0.15, 0.2) is 24.3 Å². The smallest absolute Gasteiger partial charge is 0.124 e. The number of para-hydroxylation sites is 1. The van der Waals surface area contributed by atoms with Gasteiger partial charge in [-0.25, -0.2) is 0 Å². The zero-order valence-electron chi connectivity index (χ0n) is 11.2. The molecule has 0 amide bonds. The Morgan fingerprint density at radius 2 is 2.17 bits per heavy atom. The summed E-state index contributed by atoms with van der Waals surface area (Å²) in [5.41, 5.74) is 1.97. The molecule has 2 aliphatic rings. The minimum Gasteiger partial charge on any atom is -0.493 e. The molecule has 0 bridgehead atoms. The van der Waals surface area contributed by atoms with Gasteiger partial charge in [-0.05, 0) is 30.7 Å². The molecule has 1 aromatic carbocycles. The molecule has 0 radical (unpaired) electrons. The Labute approximate surface area is 110 Å². The van der Waals surface area contributed by atoms with Gasteiger partial charge in [-0.3, -0.25) is 0 Å². The van der Waals surface area contributed by atoms with E-state index in [-0.39, 0.29) is 0 Å². The number of nitrogens with one attached hydrogen (secondary N) is 1. The maximum absolute atomic E-state index is 5.71. The molecule has 0 aromatic heterocycles. The van der Waals surface area contributed by atoms with E-state index in [1.165, 1.54) is 37.8 Å². The molecule has 1 heterocycles. The largest absolute Gasteiger partial charge is 0.493 e. The third kappa shape index (κ3) is 2.39. The molecule has 1 N–H and O–H groups in total. The van der Waals surface area contributed by atoms with Gasteiger partial charge in [-0.1, -0.05) is 31.5 Å². The zero-order chi connectivity index (χ0) is 12.4. The van der Waals surface area contributed by atoms with E-state index in [1.807, 2.05) is 0 Å². The van der Waals surface area contributed by atoms with Crippen LogP contribution in [0.25, 0.3) is 0 Å². The summed E-state index contributed by atoms with van der Waals surface area (Å²) in [6, 6.07) is 8.94. The Balaban J connectivity index is 1.64. The monoisotopic (exact) mass is 245 g/mol. The first-order valence-electron chi connectivity index (χ1n) is 7.28. The molecule has 18 heavy (non-hydrogen) atoms. The van der Waals surface area contributed by atoms with Gasteiger partial charge in [0.25, 0.3) is 0 Å². The topological polar surface area (TPSA) is 21.3 Å². The van der Waals surface area contributed by atoms with Crippen molar-refractivity contribution < 1.29 is 4.74 Å². The number of hydrogen-bond donors (Lipinski definition) is 1. The van der Waals surface area contributed by atoms with Crippen molar-refractivity contribution in [2.75, 3.05) is 13.2 Å². The van der Waals surface area contributed by atoms with Gasteiger partial charge in [0.15, 0.2) is 0 Å². The highest BCUT2D eigenvalue weighted by Gasteiger charge is 2.41. The lowest BCUT2D eigenvalue weighted by atomic mass is 9.97. The van der Waals surface area contributed by atoms with Crippen LogP contribution in [-0.4, -0.2) is 13.2 Å². The third-order valence-electron chi connectivity index (χ3n) is 4.42. The molecule has 1 aliphatic heterocycles. The summed E-state index contributed by atoms with van der Waals surface area (Å²) < 4.78 is 5.71. The molecule has 0 spiro atoms. The molecule has 1 unspecified atom stereocenters. The summed E-state index contributed by atoms with van der Waals surface area (Å²) in [4.78, 5) is 0. The van der Waals surface area contributed by atoms with E-state index in [0.717, 1.165) is 18.8 Å². The minimum atomic E-state index is 0.490. The van der Waals surface area contributed by atoms with E-state index in [1.54, 1.807) is 0 Å². The second-order valence-corrected chi connectivity index (χ2v) is 5.86. The van der Waals surface area contributed by atoms with Crippen molar-refractivity contribution in [2.24, 2.45) is 5.41 Å². The molecule has 1 saturated carbocycles. The van der Waals surface area contributed by atoms with E-state index in [2.05, 4.69) is 36.5 Å². The second kappa shape index (κ2) is 4.93. The van der Waals surface area contributed by atoms with Crippen LogP contribution in [0.1, 0.15) is 50.6 Å². The van der Waals surface area contributed by atoms with Crippen LogP contribution < -0.4 is 10.1 Å². The van der Waals surface area contributed by atoms with Gasteiger partial charge in [-0.15, -0.1) is 0 Å². The van der Waals surface area contributed by atoms with Gasteiger partial charge in [0.05, 0.1) is 6.61 Å². The summed E-state index contributed by atoms with van der Waals surface area (Å²) in [6.07, 6.45) is 6.62. The van der Waals surface area contributed by atoms with Crippen LogP contribution in [0.4, 0.5) is 0 Å². The number of benzene rings is 1. The number of fused-ring (bicyclic) bond motifs is 1. The van der Waals surface area contributed by atoms with Gasteiger partial charge in [0, 0.05) is 24.6 Å². The van der Waals surface area contributed by atoms with Gasteiger partial charge < -0.3 is 10.1 Å². The lowest BCUT2D eigenvalue weighted by Crippen LogP contribution is -2.31. The van der Waals surface area contributed by atoms with Crippen molar-refractivity contribution in [3.8, 4) is 5.75 Å². The normalized spacial score (nSPS) is 24.2. The summed E-state index contributed by atoms with van der Waals surface area (Å²) in [5.74, 6) is 1.07. The first-order valence-corrected chi connectivity index (χ1v) is 7.28. The van der Waals surface area contributed by atoms with Crippen LogP contribution in [0.5, 0.6) is 5.75 Å². The Kier molecular flexibility index (Phi) is 3.29. The molecule has 2 heteroatoms. The fourth-order valence-corrected chi connectivity index (χ4v) is 3.12. The second-order valence-electron chi connectivity index (χ2n) is 5.86. The van der Waals surface area contributed by atoms with Gasteiger partial charge in [-0.2, -0.15) is 0 Å². The molecule has 1 aliphatic carbocycles. The molecule has 2 nitrogen and oxygen atoms in total. The van der Waals surface area contributed by atoms with Crippen molar-refractivity contribution in [2.45, 2.75) is 45.1 Å². The van der Waals surface area contributed by atoms with Crippen LogP contribution in [0, 0.1) is 5.41 Å². The van der Waals surface area contributed by atoms with Gasteiger partial charge in [0.1, 0.15) is 5.75 Å². The first-order chi connectivity index (χ1) is 8.83. The van der Waals surface area contributed by atoms with Crippen molar-refractivity contribution in [1.82, 2.24) is 5.32 Å². The molecule has 3 rings (SSSR count). The van der Waals surface area contributed by atoms with E-state index < -0.39 is 0 Å². The van der Waals surface area contributed by atoms with E-state index in [4.69, 9.17) is 4.74 Å². The molecule has 1 atom stereocenters. The molecular weight excluding hydrogens is 222 g/mol. The minimum absolute atomic E-state index is 0.490. The van der Waals surface area contributed by atoms with E-state index in [9.17, 15) is 0 Å². The number of hydrogen-bond acceptors (Lipinski definition) is 2. The highest BCUT2D eigenvalue weighted by Crippen LogP contribution is 2.49. The Morgan fingerprint density at radius 1 is 1.33 bits per heavy atom. The Morgan fingerprint density at radius 3 is 2.94 bits per heavy atom. The van der Waals surface area contributed by atoms with Crippen LogP contribution in [-0.2, 0) is 0 Å². The maximum atomic E-state index is 5.71. The average molecular weight is 245 g/mol. The fourth-order valence-electron chi connectivity index (χ4n) is 3.12. The number of ether oxygens (including phenoxy) is 1. The lowest BCUT2D eigenvalue weighted by molar-refractivity contribution is 0.245. The van der Waals surface area contributed by atoms with E-state index >= 15 is 0 Å². The predicted octanol–water partition coefficient (Wildman–Crippen LogP) is 3.68. The Hall–Kier alpha value is -1.02. The summed E-state index contributed by atoms with van der Waals surface area (Å²) in [5, 5.41) is 3.79. The van der Waals surface area contributed by atoms with Gasteiger partial charge in [0.2, 0.25) is 0 Å². The fraction of sp³-hybridized carbons (Fsp3) is 0.625. The molecule has 0 saturated heterocycles. The standard InChI is InChI=1S/C16H23NO/c1-2-8-16(9-10-16)12-17-14-7-11-18-15-6-4-3-5-13(14)15/h3-6,14,17H,2,7-12H2,1H3. The predicted molar refractivity (Wildman–Crippen MR) is 73.9 cm³/mol. The highest BCUT2D eigenvalue weighted by atomic mass is 16.5. The number of rotatable bonds is 5. The molecule has 98 valence electrons. The van der Waals surface area contributed by atoms with Gasteiger partial charge >= 0.3 is 0 Å². The SMILES string of the molecule is CCCC1(CNC2CCOc3ccccc32)CC1. The summed E-state index contributed by atoms with van der Waals surface area (Å²) in [7, 11) is 0. The Bertz CT molecular complexity index is 411. The van der Waals surface area contributed by atoms with Crippen molar-refractivity contribution in [1.29, 1.82) is 0 Å². The van der Waals surface area contributed by atoms with E-state index in [0.29, 0.717) is 11.5 Å². The van der Waals surface area contributed by atoms with Crippen molar-refractivity contribution >= 4 is 0 Å². The van der Waals surface area contributed by atoms with Crippen LogP contribution in [0.2, 0.25) is 0 Å². The average Bonchev–Trinajstić information content (AvgIpc) is 3.17. The zero-order valence-corrected chi connectivity index (χ0v) is 11.2. The third-order valence-corrected chi connectivity index (χ3v) is 4.42. The first kappa shape index (κ1) is 12.0. The lowest BCUT2D eigenvalue weighted by Gasteiger charge is -2.28.